The summed E-state index contributed by atoms with van der Waals surface area (Å²) in [6.07, 6.45) is 1.53. The molecule has 0 aliphatic carbocycles. The first kappa shape index (κ1) is 9.78. The number of rotatable bonds is 3. The average Bonchev–Trinajstić information content (AvgIpc) is 2.85. The summed E-state index contributed by atoms with van der Waals surface area (Å²) in [4.78, 5) is 4.08. The summed E-state index contributed by atoms with van der Waals surface area (Å²) in [7, 11) is 0. The molecule has 78 valence electrons. The second-order valence-electron chi connectivity index (χ2n) is 2.65. The highest BCUT2D eigenvalue weighted by Crippen LogP contribution is 2.18. The van der Waals surface area contributed by atoms with Gasteiger partial charge in [0.25, 0.3) is 5.89 Å². The van der Waals surface area contributed by atoms with Crippen molar-refractivity contribution in [2.24, 2.45) is 5.73 Å². The van der Waals surface area contributed by atoms with Gasteiger partial charge in [0, 0.05) is 0 Å². The Balaban J connectivity index is 2.08. The Morgan fingerprint density at radius 3 is 3.13 bits per heavy atom. The molecule has 0 saturated carbocycles. The lowest BCUT2D eigenvalue weighted by molar-refractivity contribution is 0.411. The molecule has 7 heteroatoms. The van der Waals surface area contributed by atoms with Crippen LogP contribution in [0.2, 0.25) is 0 Å². The Morgan fingerprint density at radius 1 is 1.60 bits per heavy atom. The quantitative estimate of drug-likeness (QED) is 0.604. The van der Waals surface area contributed by atoms with E-state index in [9.17, 15) is 0 Å². The largest absolute Gasteiger partial charge is 0.459 e. The molecule has 0 aromatic carbocycles. The van der Waals surface area contributed by atoms with Crippen molar-refractivity contribution in [2.45, 2.75) is 5.75 Å². The van der Waals surface area contributed by atoms with Gasteiger partial charge >= 0.3 is 0 Å². The van der Waals surface area contributed by atoms with Gasteiger partial charge in [-0.2, -0.15) is 4.98 Å². The van der Waals surface area contributed by atoms with Gasteiger partial charge in [0.05, 0.1) is 12.0 Å². The Kier molecular flexibility index (Phi) is 2.72. The van der Waals surface area contributed by atoms with E-state index in [1.807, 2.05) is 0 Å². The third-order valence-corrected chi connectivity index (χ3v) is 2.27. The number of hydrogen-bond acceptors (Lipinski definition) is 6. The SMILES string of the molecule is N=C(N)SCc1noc(-c2ccco2)n1. The van der Waals surface area contributed by atoms with Crippen molar-refractivity contribution < 1.29 is 8.94 Å². The Labute approximate surface area is 89.3 Å². The summed E-state index contributed by atoms with van der Waals surface area (Å²) in [5, 5.41) is 10.8. The first-order valence-electron chi connectivity index (χ1n) is 4.09. The molecular weight excluding hydrogens is 216 g/mol. The molecule has 2 aromatic heterocycles. The zero-order valence-corrected chi connectivity index (χ0v) is 8.45. The second-order valence-corrected chi connectivity index (χ2v) is 3.66. The molecule has 0 bridgehead atoms. The van der Waals surface area contributed by atoms with Crippen LogP contribution in [-0.4, -0.2) is 15.3 Å². The van der Waals surface area contributed by atoms with E-state index in [2.05, 4.69) is 10.1 Å². The van der Waals surface area contributed by atoms with E-state index in [1.54, 1.807) is 12.1 Å². The fourth-order valence-electron chi connectivity index (χ4n) is 0.955. The normalized spacial score (nSPS) is 10.4. The zero-order valence-electron chi connectivity index (χ0n) is 7.64. The number of aromatic nitrogens is 2. The lowest BCUT2D eigenvalue weighted by Gasteiger charge is -1.90. The smallest absolute Gasteiger partial charge is 0.293 e. The second kappa shape index (κ2) is 4.18. The van der Waals surface area contributed by atoms with E-state index in [4.69, 9.17) is 20.1 Å². The van der Waals surface area contributed by atoms with Gasteiger partial charge < -0.3 is 14.7 Å². The minimum Gasteiger partial charge on any atom is -0.459 e. The van der Waals surface area contributed by atoms with E-state index in [-0.39, 0.29) is 5.17 Å². The summed E-state index contributed by atoms with van der Waals surface area (Å²) in [5.74, 6) is 1.77. The molecule has 0 amide bonds. The Bertz CT molecular complexity index is 451. The molecule has 0 fully saturated rings. The number of hydrogen-bond donors (Lipinski definition) is 2. The number of thioether (sulfide) groups is 1. The van der Waals surface area contributed by atoms with Gasteiger partial charge in [0.15, 0.2) is 16.8 Å². The highest BCUT2D eigenvalue weighted by molar-refractivity contribution is 8.12. The van der Waals surface area contributed by atoms with Crippen LogP contribution in [-0.2, 0) is 5.75 Å². The summed E-state index contributed by atoms with van der Waals surface area (Å²) in [6, 6.07) is 3.47. The van der Waals surface area contributed by atoms with Crippen LogP contribution in [0.25, 0.3) is 11.7 Å². The summed E-state index contributed by atoms with van der Waals surface area (Å²) in [6.45, 7) is 0. The molecule has 0 atom stereocenters. The number of nitrogens with two attached hydrogens (primary N) is 1. The van der Waals surface area contributed by atoms with Crippen molar-refractivity contribution in [3.63, 3.8) is 0 Å². The molecule has 6 nitrogen and oxygen atoms in total. The molecule has 0 aliphatic rings. The van der Waals surface area contributed by atoms with Gasteiger partial charge in [0.2, 0.25) is 0 Å². The number of amidine groups is 1. The molecule has 0 aliphatic heterocycles. The molecule has 2 rings (SSSR count). The summed E-state index contributed by atoms with van der Waals surface area (Å²) >= 11 is 1.14. The van der Waals surface area contributed by atoms with Gasteiger partial charge in [-0.05, 0) is 12.1 Å². The van der Waals surface area contributed by atoms with E-state index in [0.29, 0.717) is 23.2 Å². The van der Waals surface area contributed by atoms with Gasteiger partial charge in [0.1, 0.15) is 0 Å². The van der Waals surface area contributed by atoms with Gasteiger partial charge in [-0.1, -0.05) is 16.9 Å². The molecule has 2 heterocycles. The van der Waals surface area contributed by atoms with Crippen LogP contribution in [0.1, 0.15) is 5.82 Å². The fraction of sp³-hybridized carbons (Fsp3) is 0.125. The summed E-state index contributed by atoms with van der Waals surface area (Å²) < 4.78 is 10.1. The predicted molar refractivity (Wildman–Crippen MR) is 55.2 cm³/mol. The number of nitrogens with one attached hydrogen (secondary N) is 1. The van der Waals surface area contributed by atoms with Gasteiger partial charge in [-0.15, -0.1) is 0 Å². The topological polar surface area (TPSA) is 102 Å². The minimum atomic E-state index is 0.0272. The number of nitrogens with zero attached hydrogens (tertiary/aromatic N) is 2. The molecule has 0 unspecified atom stereocenters. The molecular formula is C8H8N4O2S. The predicted octanol–water partition coefficient (Wildman–Crippen LogP) is 1.46. The average molecular weight is 224 g/mol. The van der Waals surface area contributed by atoms with Crippen LogP contribution in [0.15, 0.2) is 27.3 Å². The van der Waals surface area contributed by atoms with Crippen LogP contribution in [0.5, 0.6) is 0 Å². The van der Waals surface area contributed by atoms with Crippen LogP contribution in [0.4, 0.5) is 0 Å². The van der Waals surface area contributed by atoms with Crippen molar-refractivity contribution in [3.05, 3.63) is 24.2 Å². The Morgan fingerprint density at radius 2 is 2.47 bits per heavy atom. The van der Waals surface area contributed by atoms with E-state index >= 15 is 0 Å². The van der Waals surface area contributed by atoms with Gasteiger partial charge in [-0.25, -0.2) is 0 Å². The van der Waals surface area contributed by atoms with E-state index < -0.39 is 0 Å². The van der Waals surface area contributed by atoms with Crippen molar-refractivity contribution in [3.8, 4) is 11.7 Å². The van der Waals surface area contributed by atoms with Crippen molar-refractivity contribution >= 4 is 16.9 Å². The minimum absolute atomic E-state index is 0.0272. The fourth-order valence-corrected chi connectivity index (χ4v) is 1.36. The maximum atomic E-state index is 7.03. The molecule has 0 spiro atoms. The van der Waals surface area contributed by atoms with Crippen molar-refractivity contribution in [1.82, 2.24) is 10.1 Å². The first-order valence-corrected chi connectivity index (χ1v) is 5.07. The Hall–Kier alpha value is -1.76. The molecule has 3 N–H and O–H groups in total. The van der Waals surface area contributed by atoms with Crippen LogP contribution >= 0.6 is 11.8 Å². The lowest BCUT2D eigenvalue weighted by Crippen LogP contribution is -2.04. The monoisotopic (exact) mass is 224 g/mol. The van der Waals surface area contributed by atoms with Crippen LogP contribution in [0.3, 0.4) is 0 Å². The molecule has 0 saturated heterocycles. The first-order chi connectivity index (χ1) is 7.25. The van der Waals surface area contributed by atoms with Crippen molar-refractivity contribution in [2.75, 3.05) is 0 Å². The summed E-state index contributed by atoms with van der Waals surface area (Å²) in [5.41, 5.74) is 5.18. The maximum absolute atomic E-state index is 7.03. The molecule has 0 radical (unpaired) electrons. The van der Waals surface area contributed by atoms with Crippen LogP contribution < -0.4 is 5.73 Å². The third kappa shape index (κ3) is 2.38. The number of furan rings is 1. The van der Waals surface area contributed by atoms with Gasteiger partial charge in [-0.3, -0.25) is 5.41 Å². The van der Waals surface area contributed by atoms with Crippen molar-refractivity contribution in [1.29, 1.82) is 5.41 Å². The van der Waals surface area contributed by atoms with Crippen LogP contribution in [0, 0.1) is 5.41 Å². The van der Waals surface area contributed by atoms with E-state index in [0.717, 1.165) is 11.8 Å². The standard InChI is InChI=1S/C8H8N4O2S/c9-8(10)15-4-6-11-7(14-12-6)5-2-1-3-13-5/h1-3H,4H2,(H3,9,10). The molecule has 2 aromatic rings. The lowest BCUT2D eigenvalue weighted by atomic mass is 10.4. The third-order valence-electron chi connectivity index (χ3n) is 1.56. The zero-order chi connectivity index (χ0) is 10.7. The van der Waals surface area contributed by atoms with E-state index in [1.165, 1.54) is 6.26 Å². The highest BCUT2D eigenvalue weighted by atomic mass is 32.2. The highest BCUT2D eigenvalue weighted by Gasteiger charge is 2.10. The molecule has 15 heavy (non-hydrogen) atoms. The maximum Gasteiger partial charge on any atom is 0.293 e.